The molecule has 4 aromatic rings. The Morgan fingerprint density at radius 1 is 1.23 bits per heavy atom. The van der Waals surface area contributed by atoms with Crippen LogP contribution in [0.25, 0.3) is 21.8 Å². The van der Waals surface area contributed by atoms with Crippen LogP contribution in [0.4, 0.5) is 0 Å². The number of aromatic nitrogens is 3. The highest BCUT2D eigenvalue weighted by Crippen LogP contribution is 2.37. The van der Waals surface area contributed by atoms with Gasteiger partial charge in [-0.2, -0.15) is 4.98 Å². The molecule has 0 unspecified atom stereocenters. The molecule has 0 aliphatic carbocycles. The molecule has 9 heteroatoms. The zero-order chi connectivity index (χ0) is 21.5. The predicted molar refractivity (Wildman–Crippen MR) is 120 cm³/mol. The normalized spacial score (nSPS) is 15.7. The maximum Gasteiger partial charge on any atom is 0.274 e. The smallest absolute Gasteiger partial charge is 0.274 e. The van der Waals surface area contributed by atoms with Crippen LogP contribution < -0.4 is 0 Å². The van der Waals surface area contributed by atoms with Crippen LogP contribution in [0.5, 0.6) is 0 Å². The molecule has 2 aromatic carbocycles. The Labute approximate surface area is 192 Å². The summed E-state index contributed by atoms with van der Waals surface area (Å²) in [5.41, 5.74) is 4.63. The van der Waals surface area contributed by atoms with Gasteiger partial charge in [-0.15, -0.1) is 11.3 Å². The second kappa shape index (κ2) is 8.07. The highest BCUT2D eigenvalue weighted by atomic mass is 35.5. The van der Waals surface area contributed by atoms with Gasteiger partial charge in [-0.25, -0.2) is 4.98 Å². The van der Waals surface area contributed by atoms with E-state index >= 15 is 0 Å². The average molecular weight is 471 g/mol. The van der Waals surface area contributed by atoms with Gasteiger partial charge in [0.25, 0.3) is 5.91 Å². The van der Waals surface area contributed by atoms with Crippen LogP contribution in [0.2, 0.25) is 10.0 Å². The lowest BCUT2D eigenvalue weighted by atomic mass is 10.0. The van der Waals surface area contributed by atoms with E-state index in [0.717, 1.165) is 28.0 Å². The molecule has 1 amide bonds. The standard InChI is InChI=1S/C22H16Cl2N4O2S/c1-12-15(6-3-7-16(12)24)20-26-21(30-27-20)17-8-9-28(17)22(29)18-19(31-11-25-18)13-4-2-5-14(23)10-13/h2-7,10-11,17H,8-9H2,1H3/t17-/m0/s1. The van der Waals surface area contributed by atoms with Crippen LogP contribution in [-0.2, 0) is 0 Å². The molecule has 0 radical (unpaired) electrons. The number of benzene rings is 2. The number of rotatable bonds is 4. The van der Waals surface area contributed by atoms with E-state index in [-0.39, 0.29) is 11.9 Å². The zero-order valence-corrected chi connectivity index (χ0v) is 18.7. The summed E-state index contributed by atoms with van der Waals surface area (Å²) in [7, 11) is 0. The second-order valence-corrected chi connectivity index (χ2v) is 8.91. The molecular weight excluding hydrogens is 455 g/mol. The predicted octanol–water partition coefficient (Wildman–Crippen LogP) is 6.06. The number of amides is 1. The Morgan fingerprint density at radius 2 is 2.06 bits per heavy atom. The van der Waals surface area contributed by atoms with Gasteiger partial charge in [0.1, 0.15) is 11.7 Å². The van der Waals surface area contributed by atoms with E-state index in [1.54, 1.807) is 16.5 Å². The molecule has 0 saturated carbocycles. The molecule has 0 N–H and O–H groups in total. The van der Waals surface area contributed by atoms with E-state index in [4.69, 9.17) is 27.7 Å². The van der Waals surface area contributed by atoms with Crippen molar-refractivity contribution >= 4 is 40.4 Å². The monoisotopic (exact) mass is 470 g/mol. The molecule has 1 fully saturated rings. The Bertz CT molecular complexity index is 1290. The zero-order valence-electron chi connectivity index (χ0n) is 16.4. The number of thiazole rings is 1. The van der Waals surface area contributed by atoms with Crippen LogP contribution in [0.3, 0.4) is 0 Å². The van der Waals surface area contributed by atoms with Gasteiger partial charge in [-0.1, -0.05) is 52.6 Å². The fraction of sp³-hybridized carbons (Fsp3) is 0.182. The lowest BCUT2D eigenvalue weighted by Crippen LogP contribution is -2.45. The molecule has 1 aliphatic rings. The molecule has 0 bridgehead atoms. The third-order valence-corrected chi connectivity index (χ3v) is 6.89. The molecule has 1 aliphatic heterocycles. The molecule has 2 aromatic heterocycles. The summed E-state index contributed by atoms with van der Waals surface area (Å²) >= 11 is 13.8. The van der Waals surface area contributed by atoms with Gasteiger partial charge in [-0.3, -0.25) is 4.79 Å². The Balaban J connectivity index is 1.41. The lowest BCUT2D eigenvalue weighted by Gasteiger charge is -2.38. The van der Waals surface area contributed by atoms with E-state index in [1.807, 2.05) is 43.3 Å². The van der Waals surface area contributed by atoms with Gasteiger partial charge in [0.05, 0.1) is 10.4 Å². The first kappa shape index (κ1) is 20.2. The summed E-state index contributed by atoms with van der Waals surface area (Å²) < 4.78 is 5.51. The van der Waals surface area contributed by atoms with Crippen molar-refractivity contribution in [3.05, 3.63) is 75.2 Å². The van der Waals surface area contributed by atoms with Crippen LogP contribution in [0.1, 0.15) is 34.4 Å². The number of likely N-dealkylation sites (tertiary alicyclic amines) is 1. The fourth-order valence-electron chi connectivity index (χ4n) is 3.59. The fourth-order valence-corrected chi connectivity index (χ4v) is 4.73. The molecule has 156 valence electrons. The Morgan fingerprint density at radius 3 is 2.84 bits per heavy atom. The van der Waals surface area contributed by atoms with Crippen molar-refractivity contribution in [2.24, 2.45) is 0 Å². The second-order valence-electron chi connectivity index (χ2n) is 7.21. The van der Waals surface area contributed by atoms with Gasteiger partial charge in [-0.05, 0) is 42.7 Å². The van der Waals surface area contributed by atoms with Crippen molar-refractivity contribution in [1.29, 1.82) is 0 Å². The summed E-state index contributed by atoms with van der Waals surface area (Å²) in [4.78, 5) is 24.6. The van der Waals surface area contributed by atoms with Crippen molar-refractivity contribution < 1.29 is 9.32 Å². The summed E-state index contributed by atoms with van der Waals surface area (Å²) in [5.74, 6) is 0.710. The van der Waals surface area contributed by atoms with Crippen LogP contribution in [-0.4, -0.2) is 32.5 Å². The first-order chi connectivity index (χ1) is 15.0. The minimum absolute atomic E-state index is 0.161. The molecule has 6 nitrogen and oxygen atoms in total. The Hall–Kier alpha value is -2.74. The molecule has 3 heterocycles. The highest BCUT2D eigenvalue weighted by molar-refractivity contribution is 7.13. The van der Waals surface area contributed by atoms with Crippen LogP contribution in [0.15, 0.2) is 52.5 Å². The minimum Gasteiger partial charge on any atom is -0.337 e. The number of carbonyl (C=O) groups excluding carboxylic acids is 1. The highest BCUT2D eigenvalue weighted by Gasteiger charge is 2.39. The number of halogens is 2. The third kappa shape index (κ3) is 3.63. The van der Waals surface area contributed by atoms with Gasteiger partial charge in [0, 0.05) is 22.2 Å². The van der Waals surface area contributed by atoms with Gasteiger partial charge >= 0.3 is 0 Å². The number of hydrogen-bond acceptors (Lipinski definition) is 6. The van der Waals surface area contributed by atoms with Crippen LogP contribution >= 0.6 is 34.5 Å². The quantitative estimate of drug-likeness (QED) is 0.362. The summed E-state index contributed by atoms with van der Waals surface area (Å²) in [6.45, 7) is 2.51. The summed E-state index contributed by atoms with van der Waals surface area (Å²) in [6.07, 6.45) is 0.749. The third-order valence-electron chi connectivity index (χ3n) is 5.37. The summed E-state index contributed by atoms with van der Waals surface area (Å²) in [6, 6.07) is 12.7. The number of nitrogens with zero attached hydrogens (tertiary/aromatic N) is 4. The van der Waals surface area contributed by atoms with E-state index in [0.29, 0.717) is 34.0 Å². The van der Waals surface area contributed by atoms with Crippen LogP contribution in [0, 0.1) is 6.92 Å². The molecule has 1 atom stereocenters. The van der Waals surface area contributed by atoms with Crippen molar-refractivity contribution in [2.45, 2.75) is 19.4 Å². The largest absolute Gasteiger partial charge is 0.337 e. The first-order valence-electron chi connectivity index (χ1n) is 9.62. The topological polar surface area (TPSA) is 72.1 Å². The molecule has 1 saturated heterocycles. The number of hydrogen-bond donors (Lipinski definition) is 0. The van der Waals surface area contributed by atoms with Gasteiger partial charge in [0.15, 0.2) is 0 Å². The lowest BCUT2D eigenvalue weighted by molar-refractivity contribution is 0.0374. The maximum atomic E-state index is 13.3. The molecule has 31 heavy (non-hydrogen) atoms. The maximum absolute atomic E-state index is 13.3. The average Bonchev–Trinajstić information content (AvgIpc) is 3.39. The molecular formula is C22H16Cl2N4O2S. The van der Waals surface area contributed by atoms with E-state index in [1.165, 1.54) is 11.3 Å². The van der Waals surface area contributed by atoms with E-state index < -0.39 is 0 Å². The number of carbonyl (C=O) groups is 1. The van der Waals surface area contributed by atoms with E-state index in [9.17, 15) is 4.79 Å². The molecule has 5 rings (SSSR count). The minimum atomic E-state index is -0.276. The van der Waals surface area contributed by atoms with Crippen molar-refractivity contribution in [1.82, 2.24) is 20.0 Å². The summed E-state index contributed by atoms with van der Waals surface area (Å²) in [5, 5.41) is 5.36. The first-order valence-corrected chi connectivity index (χ1v) is 11.3. The molecule has 0 spiro atoms. The SMILES string of the molecule is Cc1c(Cl)cccc1-c1noc([C@@H]2CCN2C(=O)c2ncsc2-c2cccc(Cl)c2)n1. The van der Waals surface area contributed by atoms with E-state index in [2.05, 4.69) is 15.1 Å². The van der Waals surface area contributed by atoms with Crippen molar-refractivity contribution in [2.75, 3.05) is 6.54 Å². The van der Waals surface area contributed by atoms with Gasteiger partial charge < -0.3 is 9.42 Å². The Kier molecular flexibility index (Phi) is 5.25. The van der Waals surface area contributed by atoms with Gasteiger partial charge in [0.2, 0.25) is 11.7 Å². The van der Waals surface area contributed by atoms with Crippen molar-refractivity contribution in [3.63, 3.8) is 0 Å². The van der Waals surface area contributed by atoms with Crippen molar-refractivity contribution in [3.8, 4) is 21.8 Å².